The van der Waals surface area contributed by atoms with Gasteiger partial charge in [-0.2, -0.15) is 26.3 Å². The lowest BCUT2D eigenvalue weighted by molar-refractivity contribution is -0.777. The molecule has 0 saturated heterocycles. The molecular weight excluding hydrogens is 579 g/mol. The number of hydrogen-bond acceptors (Lipinski definition) is 9. The molecule has 0 amide bonds. The number of carbonyl (C=O) groups excluding carboxylic acids is 3. The standard InChI is InChI=1S/C27H37F5O8S/c1-13(4-7-21(36)38-23(26(28,29)30)27(31,32)41-40-39-37)16-5-6-17-22-18(12-20(35)25(16,17)3)24(2)9-8-15(33)10-14(24)11-19(22)34/h13-14,16-19,22-23,34,37H,4-12H2,1-3H3/p-1/t13?,14-,16+,17-,18-,19+,22-,23?,24-,25+/m0/s1. The average molecular weight is 616 g/mol. The molecule has 41 heavy (non-hydrogen) atoms. The summed E-state index contributed by atoms with van der Waals surface area (Å²) in [5, 5.41) is 18.9. The monoisotopic (exact) mass is 615 g/mol. The van der Waals surface area contributed by atoms with E-state index in [-0.39, 0.29) is 65.3 Å². The predicted octanol–water partition coefficient (Wildman–Crippen LogP) is 4.72. The van der Waals surface area contributed by atoms with Gasteiger partial charge in [0, 0.05) is 31.1 Å². The highest BCUT2D eigenvalue weighted by Crippen LogP contribution is 2.67. The van der Waals surface area contributed by atoms with Gasteiger partial charge >= 0.3 is 17.4 Å². The summed E-state index contributed by atoms with van der Waals surface area (Å²) >= 11 is -1.21. The Morgan fingerprint density at radius 1 is 1.15 bits per heavy atom. The van der Waals surface area contributed by atoms with Crippen LogP contribution in [-0.4, -0.2) is 46.3 Å². The first-order valence-corrected chi connectivity index (χ1v) is 14.7. The smallest absolute Gasteiger partial charge is 0.432 e. The van der Waals surface area contributed by atoms with Crippen LogP contribution in [0.5, 0.6) is 0 Å². The van der Waals surface area contributed by atoms with Gasteiger partial charge in [-0.05, 0) is 73.0 Å². The van der Waals surface area contributed by atoms with Crippen molar-refractivity contribution in [2.75, 3.05) is 0 Å². The van der Waals surface area contributed by atoms with Crippen LogP contribution in [0, 0.1) is 46.3 Å². The summed E-state index contributed by atoms with van der Waals surface area (Å²) in [4.78, 5) is 38.3. The number of halogens is 5. The Kier molecular flexibility index (Phi) is 9.23. The zero-order valence-corrected chi connectivity index (χ0v) is 23.9. The molecule has 234 valence electrons. The van der Waals surface area contributed by atoms with Gasteiger partial charge in [0.15, 0.2) is 0 Å². The molecule has 4 aliphatic carbocycles. The second-order valence-electron chi connectivity index (χ2n) is 12.8. The summed E-state index contributed by atoms with van der Waals surface area (Å²) < 4.78 is 74.9. The Morgan fingerprint density at radius 3 is 2.46 bits per heavy atom. The largest absolute Gasteiger partial charge is 0.691 e. The van der Waals surface area contributed by atoms with E-state index in [1.165, 1.54) is 0 Å². The SMILES string of the molecule is CC(CCC(=O)OC(C(F)(F)F)C(F)(F)SOO[O-])[C@H]1CC[C@H]2[C@@H]3[C@H](O)C[C@@H]4CC(=O)CC[C@]4(C)[C@H]3CC(=O)[C@]12C. The van der Waals surface area contributed by atoms with Gasteiger partial charge in [0.05, 0.1) is 6.10 Å². The van der Waals surface area contributed by atoms with Crippen molar-refractivity contribution < 1.29 is 60.8 Å². The van der Waals surface area contributed by atoms with Crippen molar-refractivity contribution in [1.29, 1.82) is 0 Å². The number of rotatable bonds is 9. The highest BCUT2D eigenvalue weighted by Gasteiger charge is 2.66. The molecule has 0 aliphatic heterocycles. The maximum Gasteiger partial charge on any atom is 0.432 e. The topological polar surface area (TPSA) is 122 Å². The first-order valence-electron chi connectivity index (χ1n) is 14.0. The third-order valence-corrected chi connectivity index (χ3v) is 11.5. The number of hydrogen-bond donors (Lipinski definition) is 1. The van der Waals surface area contributed by atoms with Gasteiger partial charge in [0.25, 0.3) is 6.10 Å². The molecule has 0 aromatic carbocycles. The lowest BCUT2D eigenvalue weighted by Gasteiger charge is -2.61. The minimum Gasteiger partial charge on any atom is -0.691 e. The lowest BCUT2D eigenvalue weighted by Crippen LogP contribution is -2.61. The molecule has 0 radical (unpaired) electrons. The van der Waals surface area contributed by atoms with E-state index >= 15 is 0 Å². The number of Topliss-reactive ketones (excluding diaryl/α,β-unsaturated/α-hetero) is 2. The molecule has 0 aromatic rings. The van der Waals surface area contributed by atoms with E-state index in [0.29, 0.717) is 38.5 Å². The van der Waals surface area contributed by atoms with E-state index in [9.17, 15) is 46.7 Å². The summed E-state index contributed by atoms with van der Waals surface area (Å²) in [5.41, 5.74) is -1.03. The van der Waals surface area contributed by atoms with E-state index in [1.54, 1.807) is 6.92 Å². The third-order valence-electron chi connectivity index (χ3n) is 10.9. The Labute approximate surface area is 239 Å². The molecule has 8 nitrogen and oxygen atoms in total. The van der Waals surface area contributed by atoms with Crippen LogP contribution in [0.3, 0.4) is 0 Å². The third kappa shape index (κ3) is 5.92. The first kappa shape index (κ1) is 32.6. The highest BCUT2D eigenvalue weighted by molar-refractivity contribution is 7.95. The number of alkyl halides is 5. The van der Waals surface area contributed by atoms with Crippen molar-refractivity contribution in [3.05, 3.63) is 0 Å². The fraction of sp³-hybridized carbons (Fsp3) is 0.889. The molecule has 10 atom stereocenters. The first-order chi connectivity index (χ1) is 19.0. The van der Waals surface area contributed by atoms with Crippen LogP contribution >= 0.6 is 12.0 Å². The van der Waals surface area contributed by atoms with Crippen molar-refractivity contribution >= 4 is 29.6 Å². The Hall–Kier alpha value is -1.35. The minimum absolute atomic E-state index is 0.00109. The fourth-order valence-corrected chi connectivity index (χ4v) is 9.23. The van der Waals surface area contributed by atoms with Crippen LogP contribution in [0.25, 0.3) is 0 Å². The summed E-state index contributed by atoms with van der Waals surface area (Å²) in [6, 6.07) is 0. The van der Waals surface area contributed by atoms with Crippen LogP contribution in [0.2, 0.25) is 0 Å². The maximum atomic E-state index is 13.9. The van der Waals surface area contributed by atoms with Crippen LogP contribution < -0.4 is 5.26 Å². The molecule has 1 N–H and O–H groups in total. The van der Waals surface area contributed by atoms with Gasteiger partial charge < -0.3 is 15.1 Å². The Balaban J connectivity index is 1.44. The molecular formula is C27H36F5O8S-. The second-order valence-corrected chi connectivity index (χ2v) is 13.7. The molecule has 4 fully saturated rings. The van der Waals surface area contributed by atoms with Gasteiger partial charge in [-0.25, -0.2) is 0 Å². The predicted molar refractivity (Wildman–Crippen MR) is 131 cm³/mol. The number of carbonyl (C=O) groups is 3. The zero-order chi connectivity index (χ0) is 30.5. The van der Waals surface area contributed by atoms with Crippen molar-refractivity contribution in [2.24, 2.45) is 46.3 Å². The van der Waals surface area contributed by atoms with Crippen molar-refractivity contribution in [1.82, 2.24) is 0 Å². The number of ether oxygens (including phenoxy) is 1. The van der Waals surface area contributed by atoms with Crippen LogP contribution in [-0.2, 0) is 28.5 Å². The molecule has 0 heterocycles. The molecule has 0 spiro atoms. The highest BCUT2D eigenvalue weighted by atomic mass is 32.2. The molecule has 0 aromatic heterocycles. The Bertz CT molecular complexity index is 1030. The number of fused-ring (bicyclic) bond motifs is 5. The number of aliphatic hydroxyl groups is 1. The van der Waals surface area contributed by atoms with Gasteiger partial charge in [0.1, 0.15) is 23.6 Å². The second kappa shape index (κ2) is 11.6. The summed E-state index contributed by atoms with van der Waals surface area (Å²) in [6.07, 6.45) is -7.12. The lowest BCUT2D eigenvalue weighted by atomic mass is 9.43. The van der Waals surface area contributed by atoms with E-state index in [2.05, 4.69) is 21.0 Å². The van der Waals surface area contributed by atoms with Gasteiger partial charge in [0.2, 0.25) is 0 Å². The molecule has 4 aliphatic rings. The molecule has 2 unspecified atom stereocenters. The van der Waals surface area contributed by atoms with Crippen LogP contribution in [0.15, 0.2) is 0 Å². The van der Waals surface area contributed by atoms with E-state index in [1.807, 2.05) is 6.92 Å². The summed E-state index contributed by atoms with van der Waals surface area (Å²) in [6.45, 7) is 5.79. The van der Waals surface area contributed by atoms with Crippen molar-refractivity contribution in [3.63, 3.8) is 0 Å². The van der Waals surface area contributed by atoms with E-state index < -0.39 is 53.5 Å². The van der Waals surface area contributed by atoms with Crippen LogP contribution in [0.4, 0.5) is 22.0 Å². The minimum atomic E-state index is -5.65. The van der Waals surface area contributed by atoms with E-state index in [0.717, 1.165) is 0 Å². The van der Waals surface area contributed by atoms with Gasteiger partial charge in [-0.3, -0.25) is 19.4 Å². The maximum absolute atomic E-state index is 13.9. The van der Waals surface area contributed by atoms with E-state index in [4.69, 9.17) is 0 Å². The molecule has 4 saturated carbocycles. The number of aliphatic hydroxyl groups excluding tert-OH is 1. The molecule has 4 rings (SSSR count). The Morgan fingerprint density at radius 2 is 1.83 bits per heavy atom. The summed E-state index contributed by atoms with van der Waals surface area (Å²) in [5.74, 6) is -2.07. The molecule has 14 heteroatoms. The van der Waals surface area contributed by atoms with Gasteiger partial charge in [-0.15, -0.1) is 0 Å². The normalized spacial score (nSPS) is 39.0. The average Bonchev–Trinajstić information content (AvgIpc) is 3.24. The van der Waals surface area contributed by atoms with Crippen molar-refractivity contribution in [3.8, 4) is 0 Å². The van der Waals surface area contributed by atoms with Crippen molar-refractivity contribution in [2.45, 2.75) is 102 Å². The number of esters is 1. The molecule has 0 bridgehead atoms. The number of ketones is 2. The zero-order valence-electron chi connectivity index (χ0n) is 23.1. The quantitative estimate of drug-likeness (QED) is 0.129. The fourth-order valence-electron chi connectivity index (χ4n) is 8.84. The van der Waals surface area contributed by atoms with Crippen LogP contribution in [0.1, 0.15) is 78.6 Å². The summed E-state index contributed by atoms with van der Waals surface area (Å²) in [7, 11) is 0. The van der Waals surface area contributed by atoms with Gasteiger partial charge in [-0.1, -0.05) is 20.8 Å².